The van der Waals surface area contributed by atoms with E-state index in [1.54, 1.807) is 18.2 Å². The zero-order valence-electron chi connectivity index (χ0n) is 14.8. The molecule has 4 nitrogen and oxygen atoms in total. The molecule has 0 spiro atoms. The van der Waals surface area contributed by atoms with E-state index in [0.29, 0.717) is 21.5 Å². The summed E-state index contributed by atoms with van der Waals surface area (Å²) in [5, 5.41) is 7.45. The van der Waals surface area contributed by atoms with Gasteiger partial charge in [0.05, 0.1) is 10.6 Å². The summed E-state index contributed by atoms with van der Waals surface area (Å²) < 4.78 is 0. The summed E-state index contributed by atoms with van der Waals surface area (Å²) in [5.74, 6) is 1.37. The lowest BCUT2D eigenvalue weighted by Crippen LogP contribution is -2.38. The number of hydrogen-bond donors (Lipinski definition) is 2. The molecule has 2 aromatic rings. The van der Waals surface area contributed by atoms with Crippen molar-refractivity contribution < 1.29 is 4.79 Å². The molecular weight excluding hydrogens is 369 g/mol. The van der Waals surface area contributed by atoms with Crippen LogP contribution in [0.1, 0.15) is 41.7 Å². The van der Waals surface area contributed by atoms with Crippen LogP contribution >= 0.6 is 23.2 Å². The normalized spacial score (nSPS) is 19.8. The molecule has 1 aliphatic carbocycles. The van der Waals surface area contributed by atoms with E-state index in [9.17, 15) is 4.79 Å². The Kier molecular flexibility index (Phi) is 6.38. The number of nitrogens with zero attached hydrogens (tertiary/aromatic N) is 1. The SMILES string of the molecule is Cc1cccc(NC[C@H]2CC[C@H](NC(=O)c3cc(Cl)ccc3Cl)CC2)n1. The summed E-state index contributed by atoms with van der Waals surface area (Å²) in [5.41, 5.74) is 1.45. The molecule has 0 bridgehead atoms. The number of carbonyl (C=O) groups excluding carboxylic acids is 1. The largest absolute Gasteiger partial charge is 0.370 e. The Balaban J connectivity index is 1.46. The minimum absolute atomic E-state index is 0.150. The Hall–Kier alpha value is -1.78. The van der Waals surface area contributed by atoms with Gasteiger partial charge in [-0.15, -0.1) is 0 Å². The number of nitrogens with one attached hydrogen (secondary N) is 2. The second-order valence-corrected chi connectivity index (χ2v) is 7.70. The van der Waals surface area contributed by atoms with Gasteiger partial charge in [-0.05, 0) is 68.9 Å². The minimum atomic E-state index is -0.150. The average Bonchev–Trinajstić information content (AvgIpc) is 2.63. The van der Waals surface area contributed by atoms with E-state index in [-0.39, 0.29) is 11.9 Å². The number of aryl methyl sites for hydroxylation is 1. The van der Waals surface area contributed by atoms with Crippen molar-refractivity contribution in [3.05, 3.63) is 57.7 Å². The molecule has 1 heterocycles. The maximum absolute atomic E-state index is 12.4. The van der Waals surface area contributed by atoms with Crippen LogP contribution in [0.25, 0.3) is 0 Å². The third-order valence-corrected chi connectivity index (χ3v) is 5.38. The summed E-state index contributed by atoms with van der Waals surface area (Å²) in [7, 11) is 0. The van der Waals surface area contributed by atoms with Gasteiger partial charge in [-0.25, -0.2) is 4.98 Å². The van der Waals surface area contributed by atoms with Crippen molar-refractivity contribution in [2.45, 2.75) is 38.6 Å². The molecule has 138 valence electrons. The van der Waals surface area contributed by atoms with Crippen LogP contribution in [0, 0.1) is 12.8 Å². The third-order valence-electron chi connectivity index (χ3n) is 4.82. The summed E-state index contributed by atoms with van der Waals surface area (Å²) in [4.78, 5) is 16.9. The maximum Gasteiger partial charge on any atom is 0.253 e. The van der Waals surface area contributed by atoms with Gasteiger partial charge in [-0.1, -0.05) is 29.3 Å². The van der Waals surface area contributed by atoms with E-state index in [0.717, 1.165) is 43.7 Å². The lowest BCUT2D eigenvalue weighted by atomic mass is 9.86. The van der Waals surface area contributed by atoms with Gasteiger partial charge in [0.1, 0.15) is 5.82 Å². The number of aromatic nitrogens is 1. The molecule has 1 aliphatic rings. The quantitative estimate of drug-likeness (QED) is 0.745. The zero-order chi connectivity index (χ0) is 18.5. The number of rotatable bonds is 5. The topological polar surface area (TPSA) is 54.0 Å². The predicted molar refractivity (Wildman–Crippen MR) is 107 cm³/mol. The van der Waals surface area contributed by atoms with Crippen molar-refractivity contribution in [3.63, 3.8) is 0 Å². The molecule has 2 N–H and O–H groups in total. The smallest absolute Gasteiger partial charge is 0.253 e. The highest BCUT2D eigenvalue weighted by atomic mass is 35.5. The van der Waals surface area contributed by atoms with Gasteiger partial charge in [0.2, 0.25) is 0 Å². The number of carbonyl (C=O) groups is 1. The molecule has 1 saturated carbocycles. The van der Waals surface area contributed by atoms with Crippen molar-refractivity contribution in [1.29, 1.82) is 0 Å². The van der Waals surface area contributed by atoms with Crippen LogP contribution in [0.2, 0.25) is 10.0 Å². The molecule has 0 saturated heterocycles. The van der Waals surface area contributed by atoms with Crippen LogP contribution < -0.4 is 10.6 Å². The van der Waals surface area contributed by atoms with Crippen molar-refractivity contribution in [2.24, 2.45) is 5.92 Å². The first-order chi connectivity index (χ1) is 12.5. The number of pyridine rings is 1. The molecule has 0 aliphatic heterocycles. The summed E-state index contributed by atoms with van der Waals surface area (Å²) in [6, 6.07) is 11.1. The van der Waals surface area contributed by atoms with Crippen LogP contribution in [-0.4, -0.2) is 23.5 Å². The zero-order valence-corrected chi connectivity index (χ0v) is 16.3. The van der Waals surface area contributed by atoms with Crippen LogP contribution in [0.4, 0.5) is 5.82 Å². The predicted octanol–water partition coefficient (Wildman–Crippen LogP) is 5.10. The lowest BCUT2D eigenvalue weighted by molar-refractivity contribution is 0.0923. The Morgan fingerprint density at radius 2 is 1.92 bits per heavy atom. The second kappa shape index (κ2) is 8.74. The fourth-order valence-electron chi connectivity index (χ4n) is 3.34. The van der Waals surface area contributed by atoms with Crippen molar-refractivity contribution in [2.75, 3.05) is 11.9 Å². The molecule has 0 atom stereocenters. The molecule has 0 radical (unpaired) electrons. The Morgan fingerprint density at radius 3 is 2.65 bits per heavy atom. The first-order valence-corrected chi connectivity index (χ1v) is 9.70. The van der Waals surface area contributed by atoms with Gasteiger partial charge in [0.25, 0.3) is 5.91 Å². The van der Waals surface area contributed by atoms with Gasteiger partial charge in [0, 0.05) is 23.3 Å². The van der Waals surface area contributed by atoms with E-state index < -0.39 is 0 Å². The Labute approximate surface area is 164 Å². The highest BCUT2D eigenvalue weighted by molar-refractivity contribution is 6.35. The van der Waals surface area contributed by atoms with Crippen molar-refractivity contribution in [1.82, 2.24) is 10.3 Å². The van der Waals surface area contributed by atoms with E-state index in [2.05, 4.69) is 15.6 Å². The summed E-state index contributed by atoms with van der Waals surface area (Å²) >= 11 is 12.1. The standard InChI is InChI=1S/C20H23Cl2N3O/c1-13-3-2-4-19(24-13)23-12-14-5-8-16(9-6-14)25-20(26)17-11-15(21)7-10-18(17)22/h2-4,7,10-11,14,16H,5-6,8-9,12H2,1H3,(H,23,24)(H,25,26)/t14-,16-. The number of amides is 1. The molecular formula is C20H23Cl2N3O. The lowest BCUT2D eigenvalue weighted by Gasteiger charge is -2.29. The van der Waals surface area contributed by atoms with Crippen LogP contribution in [0.15, 0.2) is 36.4 Å². The third kappa shape index (κ3) is 5.12. The molecule has 0 unspecified atom stereocenters. The first-order valence-electron chi connectivity index (χ1n) is 8.94. The Bertz CT molecular complexity index is 773. The monoisotopic (exact) mass is 391 g/mol. The fraction of sp³-hybridized carbons (Fsp3) is 0.400. The molecule has 1 aromatic carbocycles. The summed E-state index contributed by atoms with van der Waals surface area (Å²) in [6.45, 7) is 2.91. The molecule has 1 fully saturated rings. The van der Waals surface area contributed by atoms with Gasteiger partial charge < -0.3 is 10.6 Å². The average molecular weight is 392 g/mol. The Morgan fingerprint density at radius 1 is 1.15 bits per heavy atom. The van der Waals surface area contributed by atoms with E-state index in [1.807, 2.05) is 25.1 Å². The molecule has 26 heavy (non-hydrogen) atoms. The number of halogens is 2. The highest BCUT2D eigenvalue weighted by Gasteiger charge is 2.23. The summed E-state index contributed by atoms with van der Waals surface area (Å²) in [6.07, 6.45) is 4.09. The molecule has 1 amide bonds. The van der Waals surface area contributed by atoms with Crippen molar-refractivity contribution in [3.8, 4) is 0 Å². The van der Waals surface area contributed by atoms with E-state index in [4.69, 9.17) is 23.2 Å². The second-order valence-electron chi connectivity index (χ2n) is 6.86. The molecule has 3 rings (SSSR count). The fourth-order valence-corrected chi connectivity index (χ4v) is 3.71. The van der Waals surface area contributed by atoms with E-state index >= 15 is 0 Å². The maximum atomic E-state index is 12.4. The molecule has 6 heteroatoms. The highest BCUT2D eigenvalue weighted by Crippen LogP contribution is 2.26. The van der Waals surface area contributed by atoms with Crippen molar-refractivity contribution >= 4 is 34.9 Å². The molecule has 1 aromatic heterocycles. The van der Waals surface area contributed by atoms with Crippen LogP contribution in [0.5, 0.6) is 0 Å². The number of benzene rings is 1. The van der Waals surface area contributed by atoms with Crippen LogP contribution in [0.3, 0.4) is 0 Å². The van der Waals surface area contributed by atoms with Crippen LogP contribution in [-0.2, 0) is 0 Å². The number of hydrogen-bond acceptors (Lipinski definition) is 3. The minimum Gasteiger partial charge on any atom is -0.370 e. The van der Waals surface area contributed by atoms with Gasteiger partial charge in [0.15, 0.2) is 0 Å². The first kappa shape index (κ1) is 19.0. The van der Waals surface area contributed by atoms with Gasteiger partial charge in [-0.2, -0.15) is 0 Å². The van der Waals surface area contributed by atoms with Gasteiger partial charge >= 0.3 is 0 Å². The number of anilines is 1. The van der Waals surface area contributed by atoms with Gasteiger partial charge in [-0.3, -0.25) is 4.79 Å². The van der Waals surface area contributed by atoms with E-state index in [1.165, 1.54) is 0 Å².